The lowest BCUT2D eigenvalue weighted by molar-refractivity contribution is -0.142. The van der Waals surface area contributed by atoms with Gasteiger partial charge in [0.05, 0.1) is 0 Å². The quantitative estimate of drug-likeness (QED) is 0.796. The third-order valence-electron chi connectivity index (χ3n) is 5.19. The Morgan fingerprint density at radius 3 is 2.50 bits per heavy atom. The first-order valence-corrected chi connectivity index (χ1v) is 9.35. The van der Waals surface area contributed by atoms with Crippen LogP contribution in [-0.4, -0.2) is 35.3 Å². The van der Waals surface area contributed by atoms with Gasteiger partial charge in [-0.15, -0.1) is 12.4 Å². The summed E-state index contributed by atoms with van der Waals surface area (Å²) in [6.07, 6.45) is 3.36. The maximum atomic E-state index is 12.8. The summed E-state index contributed by atoms with van der Waals surface area (Å²) in [5, 5.41) is 2.98. The number of hydrogen-bond acceptors (Lipinski definition) is 3. The van der Waals surface area contributed by atoms with E-state index < -0.39 is 6.04 Å². The smallest absolute Gasteiger partial charge is 0.243 e. The predicted molar refractivity (Wildman–Crippen MR) is 105 cm³/mol. The summed E-state index contributed by atoms with van der Waals surface area (Å²) in [4.78, 5) is 27.3. The Hall–Kier alpha value is -1.59. The minimum atomic E-state index is -0.437. The van der Waals surface area contributed by atoms with E-state index in [1.54, 1.807) is 4.90 Å². The molecular weight excluding hydrogens is 350 g/mol. The Kier molecular flexibility index (Phi) is 7.07. The van der Waals surface area contributed by atoms with Crippen LogP contribution in [0.15, 0.2) is 24.3 Å². The molecule has 3 rings (SSSR count). The fourth-order valence-electron chi connectivity index (χ4n) is 3.51. The monoisotopic (exact) mass is 379 g/mol. The molecule has 1 aromatic rings. The fourth-order valence-corrected chi connectivity index (χ4v) is 3.51. The van der Waals surface area contributed by atoms with E-state index in [0.717, 1.165) is 24.0 Å². The van der Waals surface area contributed by atoms with Crippen LogP contribution < -0.4 is 11.1 Å². The van der Waals surface area contributed by atoms with Crippen LogP contribution in [0.25, 0.3) is 0 Å². The van der Waals surface area contributed by atoms with E-state index in [1.165, 1.54) is 0 Å². The number of fused-ring (bicyclic) bond motifs is 1. The highest BCUT2D eigenvalue weighted by Gasteiger charge is 2.35. The number of halogens is 1. The maximum absolute atomic E-state index is 12.8. The molecule has 0 bridgehead atoms. The topological polar surface area (TPSA) is 75.4 Å². The number of hydrogen-bond donors (Lipinski definition) is 2. The van der Waals surface area contributed by atoms with Crippen LogP contribution in [0.1, 0.15) is 44.2 Å². The van der Waals surface area contributed by atoms with E-state index in [9.17, 15) is 9.59 Å². The van der Waals surface area contributed by atoms with Crippen molar-refractivity contribution in [3.63, 3.8) is 0 Å². The molecule has 1 aliphatic heterocycles. The van der Waals surface area contributed by atoms with Crippen LogP contribution in [0.4, 0.5) is 0 Å². The van der Waals surface area contributed by atoms with Crippen LogP contribution in [0.5, 0.6) is 0 Å². The Morgan fingerprint density at radius 2 is 1.88 bits per heavy atom. The highest BCUT2D eigenvalue weighted by atomic mass is 35.5. The number of rotatable bonds is 6. The lowest BCUT2D eigenvalue weighted by Gasteiger charge is -2.36. The summed E-state index contributed by atoms with van der Waals surface area (Å²) in [5.41, 5.74) is 8.39. The molecule has 6 heteroatoms. The van der Waals surface area contributed by atoms with Gasteiger partial charge in [-0.25, -0.2) is 0 Å². The Morgan fingerprint density at radius 1 is 1.23 bits per heavy atom. The number of carbonyl (C=O) groups is 2. The fraction of sp³-hybridized carbons (Fsp3) is 0.600. The van der Waals surface area contributed by atoms with Crippen molar-refractivity contribution in [2.24, 2.45) is 17.6 Å². The molecule has 0 radical (unpaired) electrons. The minimum Gasteiger partial charge on any atom is -0.353 e. The van der Waals surface area contributed by atoms with Crippen molar-refractivity contribution in [3.05, 3.63) is 35.4 Å². The summed E-state index contributed by atoms with van der Waals surface area (Å²) >= 11 is 0. The van der Waals surface area contributed by atoms with Gasteiger partial charge in [-0.2, -0.15) is 0 Å². The van der Waals surface area contributed by atoms with Crippen LogP contribution in [0.2, 0.25) is 0 Å². The normalized spacial score (nSPS) is 20.2. The molecule has 2 amide bonds. The average Bonchev–Trinajstić information content (AvgIpc) is 3.42. The molecule has 1 aliphatic carbocycles. The zero-order chi connectivity index (χ0) is 18.0. The molecule has 1 fully saturated rings. The maximum Gasteiger partial charge on any atom is 0.243 e. The van der Waals surface area contributed by atoms with E-state index in [1.807, 2.05) is 32.0 Å². The number of carbonyl (C=O) groups excluding carboxylic acids is 2. The molecule has 5 nitrogen and oxygen atoms in total. The molecular formula is C20H30ClN3O2. The second kappa shape index (κ2) is 8.87. The van der Waals surface area contributed by atoms with Gasteiger partial charge < -0.3 is 16.0 Å². The molecule has 2 atom stereocenters. The van der Waals surface area contributed by atoms with Crippen LogP contribution in [0.3, 0.4) is 0 Å². The molecule has 0 saturated heterocycles. The summed E-state index contributed by atoms with van der Waals surface area (Å²) in [6.45, 7) is 5.06. The third kappa shape index (κ3) is 4.98. The molecule has 3 N–H and O–H groups in total. The first-order chi connectivity index (χ1) is 12.0. The van der Waals surface area contributed by atoms with Crippen molar-refractivity contribution >= 4 is 24.2 Å². The summed E-state index contributed by atoms with van der Waals surface area (Å²) in [5.74, 6) is 0.793. The van der Waals surface area contributed by atoms with Gasteiger partial charge in [0, 0.05) is 32.0 Å². The van der Waals surface area contributed by atoms with Gasteiger partial charge in [0.1, 0.15) is 6.04 Å². The van der Waals surface area contributed by atoms with E-state index in [2.05, 4.69) is 11.4 Å². The van der Waals surface area contributed by atoms with E-state index >= 15 is 0 Å². The van der Waals surface area contributed by atoms with Crippen LogP contribution in [0, 0.1) is 11.8 Å². The molecule has 26 heavy (non-hydrogen) atoms. The lowest BCUT2D eigenvalue weighted by Crippen LogP contribution is -2.54. The largest absolute Gasteiger partial charge is 0.353 e. The van der Waals surface area contributed by atoms with Crippen molar-refractivity contribution < 1.29 is 9.59 Å². The van der Waals surface area contributed by atoms with Crippen LogP contribution >= 0.6 is 12.4 Å². The van der Waals surface area contributed by atoms with E-state index in [4.69, 9.17) is 5.73 Å². The molecule has 1 aromatic carbocycles. The van der Waals surface area contributed by atoms with Gasteiger partial charge in [-0.1, -0.05) is 38.1 Å². The molecule has 2 unspecified atom stereocenters. The number of benzene rings is 1. The van der Waals surface area contributed by atoms with Gasteiger partial charge in [0.2, 0.25) is 11.8 Å². The lowest BCUT2D eigenvalue weighted by atomic mass is 9.92. The standard InChI is InChI=1S/C20H29N3O2.ClH/c1-13(2)9-19(24)23-12-16-6-4-3-5-15(16)10-18(23)20(25)22-11-17(21)14-7-8-14;/h3-6,13-14,17-18H,7-12,21H2,1-2H3,(H,22,25);1H. The molecule has 1 saturated carbocycles. The minimum absolute atomic E-state index is 0. The Bertz CT molecular complexity index is 646. The number of amides is 2. The van der Waals surface area contributed by atoms with Crippen molar-refractivity contribution in [1.29, 1.82) is 0 Å². The van der Waals surface area contributed by atoms with Crippen molar-refractivity contribution in [1.82, 2.24) is 10.2 Å². The molecule has 2 aliphatic rings. The molecule has 0 aromatic heterocycles. The van der Waals surface area contributed by atoms with Gasteiger partial charge in [0.15, 0.2) is 0 Å². The molecule has 144 valence electrons. The zero-order valence-corrected chi connectivity index (χ0v) is 16.4. The molecule has 0 spiro atoms. The Balaban J connectivity index is 0.00000243. The van der Waals surface area contributed by atoms with E-state index in [-0.39, 0.29) is 36.2 Å². The first-order valence-electron chi connectivity index (χ1n) is 9.35. The van der Waals surface area contributed by atoms with Gasteiger partial charge in [0.25, 0.3) is 0 Å². The number of nitrogens with zero attached hydrogens (tertiary/aromatic N) is 1. The van der Waals surface area contributed by atoms with Crippen molar-refractivity contribution in [2.45, 2.75) is 58.2 Å². The number of nitrogens with one attached hydrogen (secondary N) is 1. The first kappa shape index (κ1) is 20.7. The van der Waals surface area contributed by atoms with Crippen molar-refractivity contribution in [3.8, 4) is 0 Å². The van der Waals surface area contributed by atoms with E-state index in [0.29, 0.717) is 31.8 Å². The predicted octanol–water partition coefficient (Wildman–Crippen LogP) is 2.26. The van der Waals surface area contributed by atoms with Crippen molar-refractivity contribution in [2.75, 3.05) is 6.54 Å². The number of nitrogens with two attached hydrogens (primary N) is 1. The second-order valence-electron chi connectivity index (χ2n) is 7.85. The molecule has 1 heterocycles. The highest BCUT2D eigenvalue weighted by molar-refractivity contribution is 5.88. The van der Waals surface area contributed by atoms with Crippen LogP contribution in [-0.2, 0) is 22.6 Å². The summed E-state index contributed by atoms with van der Waals surface area (Å²) in [7, 11) is 0. The second-order valence-corrected chi connectivity index (χ2v) is 7.85. The Labute approximate surface area is 162 Å². The highest BCUT2D eigenvalue weighted by Crippen LogP contribution is 2.31. The summed E-state index contributed by atoms with van der Waals surface area (Å²) < 4.78 is 0. The summed E-state index contributed by atoms with van der Waals surface area (Å²) in [6, 6.07) is 7.66. The average molecular weight is 380 g/mol. The SMILES string of the molecule is CC(C)CC(=O)N1Cc2ccccc2CC1C(=O)NCC(N)C1CC1.Cl. The third-order valence-corrected chi connectivity index (χ3v) is 5.19. The van der Waals surface area contributed by atoms with Gasteiger partial charge in [-0.05, 0) is 35.8 Å². The zero-order valence-electron chi connectivity index (χ0n) is 15.6. The van der Waals surface area contributed by atoms with Gasteiger partial charge >= 0.3 is 0 Å². The van der Waals surface area contributed by atoms with Gasteiger partial charge in [-0.3, -0.25) is 9.59 Å².